The van der Waals surface area contributed by atoms with E-state index in [9.17, 15) is 4.79 Å². The highest BCUT2D eigenvalue weighted by atomic mass is 16.5. The van der Waals surface area contributed by atoms with E-state index in [1.165, 1.54) is 0 Å². The van der Waals surface area contributed by atoms with Crippen LogP contribution in [0.5, 0.6) is 5.75 Å². The summed E-state index contributed by atoms with van der Waals surface area (Å²) in [6.45, 7) is 1.34. The van der Waals surface area contributed by atoms with Gasteiger partial charge in [-0.1, -0.05) is 12.1 Å². The zero-order valence-corrected chi connectivity index (χ0v) is 12.0. The van der Waals surface area contributed by atoms with Gasteiger partial charge < -0.3 is 15.4 Å². The highest BCUT2D eigenvalue weighted by Crippen LogP contribution is 2.22. The number of amides is 1. The molecule has 110 valence electrons. The Hall–Kier alpha value is -2.40. The fourth-order valence-corrected chi connectivity index (χ4v) is 1.90. The molecule has 1 heterocycles. The minimum absolute atomic E-state index is 0.0401. The predicted molar refractivity (Wildman–Crippen MR) is 82.2 cm³/mol. The SMILES string of the molecule is COc1ccccc1NC(=O)CCNCc1ccncc1. The van der Waals surface area contributed by atoms with Crippen LogP contribution in [0.15, 0.2) is 48.8 Å². The number of para-hydroxylation sites is 2. The molecule has 21 heavy (non-hydrogen) atoms. The van der Waals surface area contributed by atoms with Crippen molar-refractivity contribution in [3.05, 3.63) is 54.4 Å². The van der Waals surface area contributed by atoms with Gasteiger partial charge in [-0.2, -0.15) is 0 Å². The van der Waals surface area contributed by atoms with Crippen molar-refractivity contribution in [2.45, 2.75) is 13.0 Å². The van der Waals surface area contributed by atoms with Crippen LogP contribution in [0.25, 0.3) is 0 Å². The molecule has 0 aliphatic carbocycles. The Morgan fingerprint density at radius 3 is 2.71 bits per heavy atom. The quantitative estimate of drug-likeness (QED) is 0.766. The van der Waals surface area contributed by atoms with Gasteiger partial charge in [0.05, 0.1) is 12.8 Å². The number of aromatic nitrogens is 1. The van der Waals surface area contributed by atoms with Crippen LogP contribution in [0.3, 0.4) is 0 Å². The molecule has 0 atom stereocenters. The minimum atomic E-state index is -0.0401. The summed E-state index contributed by atoms with van der Waals surface area (Å²) in [5.41, 5.74) is 1.84. The number of benzene rings is 1. The maximum absolute atomic E-state index is 11.9. The average Bonchev–Trinajstić information content (AvgIpc) is 2.53. The summed E-state index contributed by atoms with van der Waals surface area (Å²) in [4.78, 5) is 15.8. The Labute approximate surface area is 124 Å². The number of nitrogens with zero attached hydrogens (tertiary/aromatic N) is 1. The Morgan fingerprint density at radius 1 is 1.19 bits per heavy atom. The normalized spacial score (nSPS) is 10.1. The van der Waals surface area contributed by atoms with E-state index in [1.54, 1.807) is 19.5 Å². The molecule has 0 saturated heterocycles. The predicted octanol–water partition coefficient (Wildman–Crippen LogP) is 2.21. The fraction of sp³-hybridized carbons (Fsp3) is 0.250. The van der Waals surface area contributed by atoms with Crippen molar-refractivity contribution in [3.8, 4) is 5.75 Å². The van der Waals surface area contributed by atoms with Crippen molar-refractivity contribution in [2.75, 3.05) is 19.0 Å². The smallest absolute Gasteiger partial charge is 0.225 e. The number of methoxy groups -OCH3 is 1. The Morgan fingerprint density at radius 2 is 1.95 bits per heavy atom. The molecule has 2 aromatic rings. The summed E-state index contributed by atoms with van der Waals surface area (Å²) < 4.78 is 5.19. The molecule has 5 heteroatoms. The van der Waals surface area contributed by atoms with Gasteiger partial charge in [-0.3, -0.25) is 9.78 Å². The third-order valence-corrected chi connectivity index (χ3v) is 2.99. The van der Waals surface area contributed by atoms with Crippen LogP contribution in [-0.2, 0) is 11.3 Å². The Balaban J connectivity index is 1.72. The Bertz CT molecular complexity index is 573. The topological polar surface area (TPSA) is 63.2 Å². The fourth-order valence-electron chi connectivity index (χ4n) is 1.90. The van der Waals surface area contributed by atoms with Gasteiger partial charge >= 0.3 is 0 Å². The zero-order chi connectivity index (χ0) is 14.9. The number of nitrogens with one attached hydrogen (secondary N) is 2. The van der Waals surface area contributed by atoms with Crippen molar-refractivity contribution in [3.63, 3.8) is 0 Å². The van der Waals surface area contributed by atoms with Crippen molar-refractivity contribution in [1.82, 2.24) is 10.3 Å². The summed E-state index contributed by atoms with van der Waals surface area (Å²) in [5, 5.41) is 6.07. The number of carbonyl (C=O) groups excluding carboxylic acids is 1. The van der Waals surface area contributed by atoms with Gasteiger partial charge in [0.15, 0.2) is 0 Å². The molecular weight excluding hydrogens is 266 g/mol. The largest absolute Gasteiger partial charge is 0.495 e. The number of carbonyl (C=O) groups is 1. The van der Waals surface area contributed by atoms with Gasteiger partial charge in [0.2, 0.25) is 5.91 Å². The van der Waals surface area contributed by atoms with Crippen LogP contribution in [-0.4, -0.2) is 24.5 Å². The summed E-state index contributed by atoms with van der Waals surface area (Å²) in [6, 6.07) is 11.3. The molecule has 0 fully saturated rings. The van der Waals surface area contributed by atoms with E-state index in [0.29, 0.717) is 24.4 Å². The first-order chi connectivity index (χ1) is 10.3. The molecule has 0 aliphatic heterocycles. The number of rotatable bonds is 7. The molecule has 0 radical (unpaired) electrons. The summed E-state index contributed by atoms with van der Waals surface area (Å²) in [5.74, 6) is 0.623. The zero-order valence-electron chi connectivity index (χ0n) is 12.0. The second-order valence-corrected chi connectivity index (χ2v) is 4.53. The lowest BCUT2D eigenvalue weighted by Gasteiger charge is -2.10. The monoisotopic (exact) mass is 285 g/mol. The van der Waals surface area contributed by atoms with Gasteiger partial charge in [-0.05, 0) is 29.8 Å². The first kappa shape index (κ1) is 15.0. The second-order valence-electron chi connectivity index (χ2n) is 4.53. The lowest BCUT2D eigenvalue weighted by molar-refractivity contribution is -0.116. The number of anilines is 1. The standard InChI is InChI=1S/C16H19N3O2/c1-21-15-5-3-2-4-14(15)19-16(20)8-11-18-12-13-6-9-17-10-7-13/h2-7,9-10,18H,8,11-12H2,1H3,(H,19,20). The summed E-state index contributed by atoms with van der Waals surface area (Å²) in [6.07, 6.45) is 3.92. The molecule has 1 aromatic carbocycles. The summed E-state index contributed by atoms with van der Waals surface area (Å²) >= 11 is 0. The second kappa shape index (κ2) is 8.01. The van der Waals surface area contributed by atoms with Crippen molar-refractivity contribution in [2.24, 2.45) is 0 Å². The molecule has 1 aromatic heterocycles. The number of hydrogen-bond acceptors (Lipinski definition) is 4. The van der Waals surface area contributed by atoms with Crippen LogP contribution in [0.4, 0.5) is 5.69 Å². The first-order valence-electron chi connectivity index (χ1n) is 6.82. The van der Waals surface area contributed by atoms with E-state index < -0.39 is 0 Å². The maximum atomic E-state index is 11.9. The first-order valence-corrected chi connectivity index (χ1v) is 6.82. The van der Waals surface area contributed by atoms with Crippen molar-refractivity contribution < 1.29 is 9.53 Å². The lowest BCUT2D eigenvalue weighted by Crippen LogP contribution is -2.21. The average molecular weight is 285 g/mol. The van der Waals surface area contributed by atoms with E-state index >= 15 is 0 Å². The van der Waals surface area contributed by atoms with Gasteiger partial charge in [0, 0.05) is 31.9 Å². The maximum Gasteiger partial charge on any atom is 0.225 e. The molecule has 2 rings (SSSR count). The highest BCUT2D eigenvalue weighted by Gasteiger charge is 2.06. The molecular formula is C16H19N3O2. The van der Waals surface area contributed by atoms with E-state index in [4.69, 9.17) is 4.74 Å². The molecule has 0 unspecified atom stereocenters. The molecule has 0 bridgehead atoms. The molecule has 1 amide bonds. The van der Waals surface area contributed by atoms with Gasteiger partial charge in [-0.15, -0.1) is 0 Å². The third kappa shape index (κ3) is 4.89. The molecule has 5 nitrogen and oxygen atoms in total. The van der Waals surface area contributed by atoms with Crippen LogP contribution in [0, 0.1) is 0 Å². The van der Waals surface area contributed by atoms with Crippen molar-refractivity contribution >= 4 is 11.6 Å². The lowest BCUT2D eigenvalue weighted by atomic mass is 10.2. The van der Waals surface area contributed by atoms with Crippen LogP contribution in [0.1, 0.15) is 12.0 Å². The molecule has 0 spiro atoms. The van der Waals surface area contributed by atoms with E-state index in [0.717, 1.165) is 12.1 Å². The van der Waals surface area contributed by atoms with Gasteiger partial charge in [0.25, 0.3) is 0 Å². The highest BCUT2D eigenvalue weighted by molar-refractivity contribution is 5.92. The summed E-state index contributed by atoms with van der Waals surface area (Å²) in [7, 11) is 1.58. The van der Waals surface area contributed by atoms with Gasteiger partial charge in [0.1, 0.15) is 5.75 Å². The number of pyridine rings is 1. The number of hydrogen-bond donors (Lipinski definition) is 2. The third-order valence-electron chi connectivity index (χ3n) is 2.99. The molecule has 0 saturated carbocycles. The van der Waals surface area contributed by atoms with Gasteiger partial charge in [-0.25, -0.2) is 0 Å². The molecule has 0 aliphatic rings. The number of ether oxygens (including phenoxy) is 1. The van der Waals surface area contributed by atoms with Crippen molar-refractivity contribution in [1.29, 1.82) is 0 Å². The van der Waals surface area contributed by atoms with Crippen LogP contribution >= 0.6 is 0 Å². The van der Waals surface area contributed by atoms with E-state index in [2.05, 4.69) is 15.6 Å². The van der Waals surface area contributed by atoms with Crippen LogP contribution in [0.2, 0.25) is 0 Å². The minimum Gasteiger partial charge on any atom is -0.495 e. The van der Waals surface area contributed by atoms with E-state index in [-0.39, 0.29) is 5.91 Å². The Kier molecular flexibility index (Phi) is 5.72. The van der Waals surface area contributed by atoms with E-state index in [1.807, 2.05) is 36.4 Å². The van der Waals surface area contributed by atoms with Crippen LogP contribution < -0.4 is 15.4 Å². The molecule has 2 N–H and O–H groups in total.